The molecule has 0 aromatic heterocycles. The van der Waals surface area contributed by atoms with Crippen LogP contribution >= 0.6 is 11.6 Å². The number of hydrogen-bond acceptors (Lipinski definition) is 1. The van der Waals surface area contributed by atoms with Crippen LogP contribution in [-0.4, -0.2) is 12.6 Å². The summed E-state index contributed by atoms with van der Waals surface area (Å²) in [5, 5.41) is 4.51. The molecule has 2 aliphatic rings. The Morgan fingerprint density at radius 3 is 2.80 bits per heavy atom. The highest BCUT2D eigenvalue weighted by Crippen LogP contribution is 2.53. The maximum absolute atomic E-state index is 6.06. The van der Waals surface area contributed by atoms with Gasteiger partial charge in [-0.3, -0.25) is 0 Å². The van der Waals surface area contributed by atoms with Gasteiger partial charge in [-0.15, -0.1) is 0 Å². The molecule has 1 aliphatic carbocycles. The fourth-order valence-electron chi connectivity index (χ4n) is 2.93. The van der Waals surface area contributed by atoms with Crippen LogP contribution in [0.1, 0.15) is 31.2 Å². The van der Waals surface area contributed by atoms with Crippen molar-refractivity contribution in [2.24, 2.45) is 0 Å². The molecule has 2 fully saturated rings. The maximum atomic E-state index is 6.06. The molecule has 0 amide bonds. The number of hydrogen-bond donors (Lipinski definition) is 1. The van der Waals surface area contributed by atoms with Gasteiger partial charge in [0.25, 0.3) is 0 Å². The van der Waals surface area contributed by atoms with Crippen LogP contribution in [0.25, 0.3) is 0 Å². The molecule has 1 saturated carbocycles. The van der Waals surface area contributed by atoms with E-state index in [1.165, 1.54) is 37.8 Å². The van der Waals surface area contributed by atoms with Gasteiger partial charge < -0.3 is 5.32 Å². The van der Waals surface area contributed by atoms with Crippen LogP contribution in [0.2, 0.25) is 5.02 Å². The Morgan fingerprint density at radius 1 is 1.33 bits per heavy atom. The Kier molecular flexibility index (Phi) is 2.26. The van der Waals surface area contributed by atoms with Crippen LogP contribution in [0.5, 0.6) is 0 Å². The summed E-state index contributed by atoms with van der Waals surface area (Å²) in [6, 6.07) is 9.11. The second-order valence-electron chi connectivity index (χ2n) is 4.82. The Morgan fingerprint density at radius 2 is 2.20 bits per heavy atom. The van der Waals surface area contributed by atoms with E-state index in [1.54, 1.807) is 0 Å². The van der Waals surface area contributed by atoms with E-state index in [0.717, 1.165) is 5.02 Å². The molecular weight excluding hydrogens is 206 g/mol. The van der Waals surface area contributed by atoms with Crippen LogP contribution in [-0.2, 0) is 5.41 Å². The number of nitrogens with one attached hydrogen (secondary N) is 1. The van der Waals surface area contributed by atoms with Crippen molar-refractivity contribution in [2.75, 3.05) is 6.54 Å². The first-order valence-electron chi connectivity index (χ1n) is 5.81. The molecule has 0 radical (unpaired) electrons. The summed E-state index contributed by atoms with van der Waals surface area (Å²) < 4.78 is 0. The van der Waals surface area contributed by atoms with Crippen molar-refractivity contribution in [3.8, 4) is 0 Å². The predicted octanol–water partition coefficient (Wildman–Crippen LogP) is 3.12. The third-order valence-electron chi connectivity index (χ3n) is 3.92. The van der Waals surface area contributed by atoms with Crippen LogP contribution in [0.15, 0.2) is 24.3 Å². The summed E-state index contributed by atoms with van der Waals surface area (Å²) in [7, 11) is 0. The standard InChI is InChI=1S/C13H16ClN/c14-11-4-1-3-10(9-11)13(6-7-13)12-5-2-8-15-12/h1,3-4,9,12,15H,2,5-8H2. The lowest BCUT2D eigenvalue weighted by Gasteiger charge is -2.23. The van der Waals surface area contributed by atoms with E-state index in [0.29, 0.717) is 11.5 Å². The zero-order chi connectivity index (χ0) is 10.3. The molecule has 2 heteroatoms. The monoisotopic (exact) mass is 221 g/mol. The summed E-state index contributed by atoms with van der Waals surface area (Å²) in [6.45, 7) is 1.19. The number of rotatable bonds is 2. The van der Waals surface area contributed by atoms with Gasteiger partial charge in [0.1, 0.15) is 0 Å². The van der Waals surface area contributed by atoms with Crippen molar-refractivity contribution in [2.45, 2.75) is 37.1 Å². The summed E-state index contributed by atoms with van der Waals surface area (Å²) in [4.78, 5) is 0. The van der Waals surface area contributed by atoms with Gasteiger partial charge in [-0.05, 0) is 49.9 Å². The van der Waals surface area contributed by atoms with Gasteiger partial charge in [-0.1, -0.05) is 23.7 Å². The average Bonchev–Trinajstić information content (AvgIpc) is 2.87. The molecule has 0 spiro atoms. The van der Waals surface area contributed by atoms with Crippen molar-refractivity contribution in [3.63, 3.8) is 0 Å². The number of halogens is 1. The molecular formula is C13H16ClN. The van der Waals surface area contributed by atoms with Crippen LogP contribution in [0.3, 0.4) is 0 Å². The van der Waals surface area contributed by atoms with Gasteiger partial charge in [0.05, 0.1) is 0 Å². The lowest BCUT2D eigenvalue weighted by Crippen LogP contribution is -2.34. The van der Waals surface area contributed by atoms with E-state index in [2.05, 4.69) is 23.5 Å². The second kappa shape index (κ2) is 3.50. The highest BCUT2D eigenvalue weighted by atomic mass is 35.5. The first-order valence-corrected chi connectivity index (χ1v) is 6.18. The quantitative estimate of drug-likeness (QED) is 0.809. The van der Waals surface area contributed by atoms with Gasteiger partial charge in [0.15, 0.2) is 0 Å². The normalized spacial score (nSPS) is 27.9. The number of benzene rings is 1. The largest absolute Gasteiger partial charge is 0.313 e. The van der Waals surface area contributed by atoms with Gasteiger partial charge >= 0.3 is 0 Å². The highest BCUT2D eigenvalue weighted by molar-refractivity contribution is 6.30. The lowest BCUT2D eigenvalue weighted by molar-refractivity contribution is 0.473. The molecule has 0 bridgehead atoms. The predicted molar refractivity (Wildman–Crippen MR) is 63.4 cm³/mol. The summed E-state index contributed by atoms with van der Waals surface area (Å²) in [5.41, 5.74) is 1.86. The van der Waals surface area contributed by atoms with Crippen molar-refractivity contribution < 1.29 is 0 Å². The van der Waals surface area contributed by atoms with E-state index in [1.807, 2.05) is 6.07 Å². The third-order valence-corrected chi connectivity index (χ3v) is 4.15. The van der Waals surface area contributed by atoms with Crippen LogP contribution in [0, 0.1) is 0 Å². The fraction of sp³-hybridized carbons (Fsp3) is 0.538. The van der Waals surface area contributed by atoms with Gasteiger partial charge in [-0.25, -0.2) is 0 Å². The Hall–Kier alpha value is -0.530. The first-order chi connectivity index (χ1) is 7.31. The Bertz CT molecular complexity index is 365. The molecule has 80 valence electrons. The first kappa shape index (κ1) is 9.68. The smallest absolute Gasteiger partial charge is 0.0408 e. The molecule has 1 atom stereocenters. The summed E-state index contributed by atoms with van der Waals surface area (Å²) in [5.74, 6) is 0. The van der Waals surface area contributed by atoms with Crippen molar-refractivity contribution >= 4 is 11.6 Å². The van der Waals surface area contributed by atoms with Gasteiger partial charge in [0.2, 0.25) is 0 Å². The molecule has 1 aromatic carbocycles. The van der Waals surface area contributed by atoms with Crippen molar-refractivity contribution in [1.29, 1.82) is 0 Å². The minimum absolute atomic E-state index is 0.418. The van der Waals surface area contributed by atoms with E-state index in [9.17, 15) is 0 Å². The van der Waals surface area contributed by atoms with Crippen molar-refractivity contribution in [1.82, 2.24) is 5.32 Å². The average molecular weight is 222 g/mol. The SMILES string of the molecule is Clc1cccc(C2(C3CCCN3)CC2)c1. The van der Waals surface area contributed by atoms with E-state index in [-0.39, 0.29) is 0 Å². The minimum atomic E-state index is 0.418. The summed E-state index contributed by atoms with van der Waals surface area (Å²) in [6.07, 6.45) is 5.30. The molecule has 1 N–H and O–H groups in total. The highest BCUT2D eigenvalue weighted by Gasteiger charge is 2.51. The van der Waals surface area contributed by atoms with Gasteiger partial charge in [-0.2, -0.15) is 0 Å². The molecule has 1 unspecified atom stereocenters. The molecule has 1 aliphatic heterocycles. The molecule has 1 aromatic rings. The fourth-order valence-corrected chi connectivity index (χ4v) is 3.12. The molecule has 3 rings (SSSR count). The lowest BCUT2D eigenvalue weighted by atomic mass is 9.87. The minimum Gasteiger partial charge on any atom is -0.313 e. The summed E-state index contributed by atoms with van der Waals surface area (Å²) >= 11 is 6.06. The Balaban J connectivity index is 1.92. The van der Waals surface area contributed by atoms with Crippen molar-refractivity contribution in [3.05, 3.63) is 34.9 Å². The van der Waals surface area contributed by atoms with E-state index < -0.39 is 0 Å². The second-order valence-corrected chi connectivity index (χ2v) is 5.25. The maximum Gasteiger partial charge on any atom is 0.0408 e. The molecule has 15 heavy (non-hydrogen) atoms. The zero-order valence-corrected chi connectivity index (χ0v) is 9.56. The van der Waals surface area contributed by atoms with Crippen LogP contribution in [0.4, 0.5) is 0 Å². The topological polar surface area (TPSA) is 12.0 Å². The molecule has 1 nitrogen and oxygen atoms in total. The van der Waals surface area contributed by atoms with E-state index in [4.69, 9.17) is 11.6 Å². The molecule has 1 saturated heterocycles. The van der Waals surface area contributed by atoms with Gasteiger partial charge in [0, 0.05) is 16.5 Å². The van der Waals surface area contributed by atoms with E-state index >= 15 is 0 Å². The van der Waals surface area contributed by atoms with Crippen LogP contribution < -0.4 is 5.32 Å². The molecule has 1 heterocycles. The zero-order valence-electron chi connectivity index (χ0n) is 8.80. The Labute approximate surface area is 95.8 Å². The third kappa shape index (κ3) is 1.58.